The van der Waals surface area contributed by atoms with Gasteiger partial charge in [-0.25, -0.2) is 10.9 Å². The molecule has 0 spiro atoms. The van der Waals surface area contributed by atoms with Crippen LogP contribution in [-0.4, -0.2) is 51.2 Å². The summed E-state index contributed by atoms with van der Waals surface area (Å²) in [5.41, 5.74) is 26.6. The normalized spacial score (nSPS) is 19.1. The van der Waals surface area contributed by atoms with Crippen molar-refractivity contribution >= 4 is 45.9 Å². The smallest absolute Gasteiger partial charge is 0.241 e. The zero-order chi connectivity index (χ0) is 37.3. The molecule has 272 valence electrons. The number of hydrazine groups is 2. The molecular formula is C40H38N10O4. The van der Waals surface area contributed by atoms with Crippen molar-refractivity contribution in [1.82, 2.24) is 10.9 Å². The number of hydrogen-bond donors (Lipinski definition) is 4. The van der Waals surface area contributed by atoms with Gasteiger partial charge in [0, 0.05) is 34.9 Å². The quantitative estimate of drug-likeness (QED) is 0.163. The Morgan fingerprint density at radius 1 is 0.574 bits per heavy atom. The second-order valence-corrected chi connectivity index (χ2v) is 12.9. The summed E-state index contributed by atoms with van der Waals surface area (Å²) in [6.45, 7) is 1.04. The number of anilines is 4. The minimum atomic E-state index is -0.630. The van der Waals surface area contributed by atoms with E-state index in [1.165, 1.54) is 0 Å². The largest absolute Gasteiger partial charge is 0.497 e. The Bertz CT molecular complexity index is 2070. The molecule has 2 amide bonds. The molecule has 6 N–H and O–H groups in total. The third kappa shape index (κ3) is 6.51. The standard InChI is InChI=1S/C40H38N10O4/c1-53-31-15-11-29(12-16-31)49-35-23-47(21-19-33(35)37(45-49)39(41)51)27-7-3-25(4-8-27)43-44-26-5-9-28(10-6-26)48-22-20-34-36(24-48)50(46-38(34)40(42)52)30-13-17-32(54-2)18-14-30/h3-22,37-38,45-46H,23-24H2,1-2H3,(H2,41,51)(H2,42,52). The Morgan fingerprint density at radius 2 is 0.926 bits per heavy atom. The van der Waals surface area contributed by atoms with Crippen LogP contribution in [0.25, 0.3) is 0 Å². The van der Waals surface area contributed by atoms with Crippen LogP contribution in [0.15, 0.2) is 154 Å². The number of amides is 2. The van der Waals surface area contributed by atoms with E-state index in [-0.39, 0.29) is 0 Å². The minimum absolute atomic E-state index is 0.445. The van der Waals surface area contributed by atoms with Gasteiger partial charge in [-0.1, -0.05) is 0 Å². The van der Waals surface area contributed by atoms with Crippen LogP contribution in [0.1, 0.15) is 0 Å². The van der Waals surface area contributed by atoms with Crippen LogP contribution in [0.4, 0.5) is 34.1 Å². The molecule has 0 radical (unpaired) electrons. The Labute approximate surface area is 311 Å². The number of rotatable bonds is 10. The molecule has 14 heteroatoms. The van der Waals surface area contributed by atoms with Gasteiger partial charge in [-0.3, -0.25) is 19.6 Å². The summed E-state index contributed by atoms with van der Waals surface area (Å²) in [5, 5.41) is 12.8. The summed E-state index contributed by atoms with van der Waals surface area (Å²) in [6, 6.07) is 29.6. The van der Waals surface area contributed by atoms with Gasteiger partial charge >= 0.3 is 0 Å². The van der Waals surface area contributed by atoms with Crippen molar-refractivity contribution in [1.29, 1.82) is 0 Å². The summed E-state index contributed by atoms with van der Waals surface area (Å²) in [6.07, 6.45) is 7.77. The summed E-state index contributed by atoms with van der Waals surface area (Å²) >= 11 is 0. The van der Waals surface area contributed by atoms with Gasteiger partial charge in [0.15, 0.2) is 0 Å². The maximum absolute atomic E-state index is 12.3. The van der Waals surface area contributed by atoms with E-state index < -0.39 is 23.9 Å². The van der Waals surface area contributed by atoms with Gasteiger partial charge in [0.25, 0.3) is 0 Å². The number of hydrogen-bond acceptors (Lipinski definition) is 12. The van der Waals surface area contributed by atoms with Gasteiger partial charge in [-0.15, -0.1) is 0 Å². The first kappa shape index (κ1) is 34.2. The van der Waals surface area contributed by atoms with Crippen molar-refractivity contribution in [2.75, 3.05) is 47.1 Å². The summed E-state index contributed by atoms with van der Waals surface area (Å²) in [5.74, 6) is 0.594. The molecule has 4 aliphatic heterocycles. The second kappa shape index (κ2) is 14.3. The fourth-order valence-corrected chi connectivity index (χ4v) is 6.87. The first-order valence-corrected chi connectivity index (χ1v) is 17.3. The van der Waals surface area contributed by atoms with Crippen LogP contribution in [0, 0.1) is 0 Å². The number of carbonyl (C=O) groups excluding carboxylic acids is 2. The highest BCUT2D eigenvalue weighted by Gasteiger charge is 2.38. The van der Waals surface area contributed by atoms with Crippen LogP contribution in [0.2, 0.25) is 0 Å². The van der Waals surface area contributed by atoms with Gasteiger partial charge in [0.1, 0.15) is 23.6 Å². The average molecular weight is 723 g/mol. The fourth-order valence-electron chi connectivity index (χ4n) is 6.87. The molecule has 54 heavy (non-hydrogen) atoms. The van der Waals surface area contributed by atoms with E-state index in [1.54, 1.807) is 14.2 Å². The third-order valence-corrected chi connectivity index (χ3v) is 9.73. The lowest BCUT2D eigenvalue weighted by atomic mass is 10.0. The predicted molar refractivity (Wildman–Crippen MR) is 207 cm³/mol. The predicted octanol–water partition coefficient (Wildman–Crippen LogP) is 5.05. The molecule has 8 rings (SSSR count). The molecule has 4 aromatic rings. The molecule has 2 unspecified atom stereocenters. The van der Waals surface area contributed by atoms with Gasteiger partial charge < -0.3 is 30.7 Å². The molecule has 0 saturated carbocycles. The number of nitrogens with zero attached hydrogens (tertiary/aromatic N) is 6. The van der Waals surface area contributed by atoms with Crippen LogP contribution in [-0.2, 0) is 9.59 Å². The topological polar surface area (TPSA) is 166 Å². The minimum Gasteiger partial charge on any atom is -0.497 e. The van der Waals surface area contributed by atoms with E-state index in [1.807, 2.05) is 132 Å². The first-order chi connectivity index (χ1) is 26.3. The number of methoxy groups -OCH3 is 2. The van der Waals surface area contributed by atoms with Crippen LogP contribution in [0.3, 0.4) is 0 Å². The van der Waals surface area contributed by atoms with Gasteiger partial charge in [0.2, 0.25) is 11.8 Å². The van der Waals surface area contributed by atoms with Gasteiger partial charge in [-0.2, -0.15) is 10.2 Å². The summed E-state index contributed by atoms with van der Waals surface area (Å²) in [7, 11) is 3.25. The maximum Gasteiger partial charge on any atom is 0.241 e. The van der Waals surface area contributed by atoms with Crippen LogP contribution < -0.4 is 51.6 Å². The van der Waals surface area contributed by atoms with E-state index in [4.69, 9.17) is 20.9 Å². The molecule has 0 aromatic heterocycles. The van der Waals surface area contributed by atoms with Crippen molar-refractivity contribution in [3.05, 3.63) is 144 Å². The number of nitrogens with two attached hydrogens (primary N) is 2. The zero-order valence-corrected chi connectivity index (χ0v) is 29.6. The van der Waals surface area contributed by atoms with Crippen molar-refractivity contribution < 1.29 is 19.1 Å². The number of primary amides is 2. The number of carbonyl (C=O) groups is 2. The second-order valence-electron chi connectivity index (χ2n) is 12.9. The zero-order valence-electron chi connectivity index (χ0n) is 29.6. The van der Waals surface area contributed by atoms with Crippen molar-refractivity contribution in [3.8, 4) is 11.5 Å². The Kier molecular flexibility index (Phi) is 9.03. The lowest BCUT2D eigenvalue weighted by Crippen LogP contribution is -2.45. The highest BCUT2D eigenvalue weighted by Crippen LogP contribution is 2.36. The molecule has 4 aromatic carbocycles. The van der Waals surface area contributed by atoms with Gasteiger partial charge in [-0.05, 0) is 109 Å². The molecule has 4 heterocycles. The molecule has 4 aliphatic rings. The molecule has 0 bridgehead atoms. The van der Waals surface area contributed by atoms with E-state index in [2.05, 4.69) is 30.9 Å². The molecule has 2 atom stereocenters. The van der Waals surface area contributed by atoms with Crippen LogP contribution in [0.5, 0.6) is 11.5 Å². The Balaban J connectivity index is 0.925. The monoisotopic (exact) mass is 722 g/mol. The van der Waals surface area contributed by atoms with Crippen molar-refractivity contribution in [3.63, 3.8) is 0 Å². The van der Waals surface area contributed by atoms with Gasteiger partial charge in [0.05, 0.1) is 61.5 Å². The molecule has 0 aliphatic carbocycles. The lowest BCUT2D eigenvalue weighted by Gasteiger charge is -2.29. The summed E-state index contributed by atoms with van der Waals surface area (Å²) in [4.78, 5) is 28.8. The molecule has 0 saturated heterocycles. The van der Waals surface area contributed by atoms with E-state index in [0.29, 0.717) is 24.5 Å². The number of benzene rings is 4. The van der Waals surface area contributed by atoms with Crippen LogP contribution >= 0.6 is 0 Å². The van der Waals surface area contributed by atoms with E-state index >= 15 is 0 Å². The lowest BCUT2D eigenvalue weighted by molar-refractivity contribution is -0.119. The number of azo groups is 1. The third-order valence-electron chi connectivity index (χ3n) is 9.73. The molecule has 14 nitrogen and oxygen atoms in total. The van der Waals surface area contributed by atoms with Crippen molar-refractivity contribution in [2.24, 2.45) is 21.7 Å². The average Bonchev–Trinajstić information content (AvgIpc) is 3.80. The Morgan fingerprint density at radius 3 is 1.26 bits per heavy atom. The first-order valence-electron chi connectivity index (χ1n) is 17.3. The van der Waals surface area contributed by atoms with E-state index in [9.17, 15) is 9.59 Å². The number of ether oxygens (including phenoxy) is 2. The van der Waals surface area contributed by atoms with Crippen molar-refractivity contribution in [2.45, 2.75) is 12.1 Å². The highest BCUT2D eigenvalue weighted by atomic mass is 16.5. The number of nitrogens with one attached hydrogen (secondary N) is 2. The molecular weight excluding hydrogens is 685 g/mol. The van der Waals surface area contributed by atoms with E-state index in [0.717, 1.165) is 56.8 Å². The molecule has 0 fully saturated rings. The highest BCUT2D eigenvalue weighted by molar-refractivity contribution is 5.88. The Hall–Kier alpha value is -6.90. The summed E-state index contributed by atoms with van der Waals surface area (Å²) < 4.78 is 10.6. The maximum atomic E-state index is 12.3. The fraction of sp³-hybridized carbons (Fsp3) is 0.150. The SMILES string of the molecule is COc1ccc(N2NC(C(N)=O)C3=C2CN(c2ccc(N=Nc4ccc(N5C=CC6=C(C5)N(c5ccc(OC)cc5)NC6C(N)=O)cc4)cc2)C=C3)cc1.